The number of unbranched alkanes of at least 4 members (excludes halogenated alkanes) is 1. The van der Waals surface area contributed by atoms with Gasteiger partial charge < -0.3 is 10.1 Å². The second kappa shape index (κ2) is 10.2. The predicted octanol–water partition coefficient (Wildman–Crippen LogP) is 6.97. The number of fused-ring (bicyclic) bond motifs is 1. The summed E-state index contributed by atoms with van der Waals surface area (Å²) >= 11 is 1.97. The van der Waals surface area contributed by atoms with Crippen molar-refractivity contribution in [1.29, 1.82) is 0 Å². The maximum atomic E-state index is 5.90. The number of anilines is 1. The van der Waals surface area contributed by atoms with Crippen molar-refractivity contribution >= 4 is 17.6 Å². The van der Waals surface area contributed by atoms with Gasteiger partial charge in [0.15, 0.2) is 0 Å². The Labute approximate surface area is 200 Å². The van der Waals surface area contributed by atoms with Crippen LogP contribution in [0.4, 0.5) is 5.82 Å². The third-order valence-electron chi connectivity index (χ3n) is 5.86. The van der Waals surface area contributed by atoms with E-state index >= 15 is 0 Å². The van der Waals surface area contributed by atoms with Crippen molar-refractivity contribution in [3.05, 3.63) is 96.1 Å². The van der Waals surface area contributed by atoms with E-state index in [0.717, 1.165) is 60.3 Å². The van der Waals surface area contributed by atoms with Gasteiger partial charge in [-0.1, -0.05) is 74.0 Å². The minimum absolute atomic E-state index is 0.187. The number of para-hydroxylation sites is 1. The molecule has 1 atom stereocenters. The zero-order valence-electron chi connectivity index (χ0n) is 18.9. The minimum Gasteiger partial charge on any atom is -0.494 e. The maximum absolute atomic E-state index is 5.90. The lowest BCUT2D eigenvalue weighted by atomic mass is 10.00. The van der Waals surface area contributed by atoms with Crippen molar-refractivity contribution in [2.75, 3.05) is 24.2 Å². The van der Waals surface area contributed by atoms with E-state index in [1.807, 2.05) is 17.8 Å². The van der Waals surface area contributed by atoms with Gasteiger partial charge in [0.05, 0.1) is 23.2 Å². The van der Waals surface area contributed by atoms with Crippen LogP contribution < -0.4 is 10.1 Å². The van der Waals surface area contributed by atoms with E-state index in [-0.39, 0.29) is 5.25 Å². The molecule has 5 heteroatoms. The number of benzene rings is 3. The lowest BCUT2D eigenvalue weighted by Gasteiger charge is -2.17. The predicted molar refractivity (Wildman–Crippen MR) is 139 cm³/mol. The Bertz CT molecular complexity index is 1170. The summed E-state index contributed by atoms with van der Waals surface area (Å²) < 4.78 is 7.97. The van der Waals surface area contributed by atoms with Crippen LogP contribution in [-0.4, -0.2) is 28.7 Å². The number of aromatic nitrogens is 2. The lowest BCUT2D eigenvalue weighted by Crippen LogP contribution is -2.08. The zero-order valence-corrected chi connectivity index (χ0v) is 19.7. The van der Waals surface area contributed by atoms with E-state index in [9.17, 15) is 0 Å². The average Bonchev–Trinajstić information content (AvgIpc) is 3.11. The summed E-state index contributed by atoms with van der Waals surface area (Å²) in [5, 5.41) is 9.00. The summed E-state index contributed by atoms with van der Waals surface area (Å²) in [4.78, 5) is 0. The molecule has 0 saturated carbocycles. The Hall–Kier alpha value is -3.18. The van der Waals surface area contributed by atoms with Crippen molar-refractivity contribution in [2.45, 2.75) is 25.0 Å². The van der Waals surface area contributed by atoms with Gasteiger partial charge >= 0.3 is 0 Å². The van der Waals surface area contributed by atoms with Crippen molar-refractivity contribution < 1.29 is 4.74 Å². The molecular weight excluding hydrogens is 426 g/mol. The molecule has 1 aliphatic rings. The molecule has 2 heterocycles. The summed E-state index contributed by atoms with van der Waals surface area (Å²) in [5.41, 5.74) is 5.75. The molecule has 3 aromatic carbocycles. The van der Waals surface area contributed by atoms with Gasteiger partial charge in [-0.15, -0.1) is 11.8 Å². The van der Waals surface area contributed by atoms with E-state index in [1.165, 1.54) is 11.1 Å². The van der Waals surface area contributed by atoms with Crippen molar-refractivity contribution in [3.63, 3.8) is 0 Å². The van der Waals surface area contributed by atoms with Gasteiger partial charge in [-0.3, -0.25) is 0 Å². The smallest absolute Gasteiger partial charge is 0.135 e. The number of ether oxygens (including phenoxy) is 1. The Morgan fingerprint density at radius 3 is 2.42 bits per heavy atom. The van der Waals surface area contributed by atoms with Gasteiger partial charge in [-0.05, 0) is 36.2 Å². The van der Waals surface area contributed by atoms with E-state index < -0.39 is 0 Å². The number of nitrogens with one attached hydrogen (secondary N) is 1. The molecule has 0 aliphatic carbocycles. The fourth-order valence-corrected chi connectivity index (χ4v) is 5.37. The number of thioether (sulfide) groups is 1. The molecule has 1 aliphatic heterocycles. The van der Waals surface area contributed by atoms with E-state index in [4.69, 9.17) is 9.84 Å². The molecule has 0 spiro atoms. The monoisotopic (exact) mass is 455 g/mol. The van der Waals surface area contributed by atoms with Crippen molar-refractivity contribution in [1.82, 2.24) is 9.78 Å². The Morgan fingerprint density at radius 1 is 0.970 bits per heavy atom. The quantitative estimate of drug-likeness (QED) is 0.306. The van der Waals surface area contributed by atoms with Crippen LogP contribution >= 0.6 is 11.8 Å². The first-order valence-corrected chi connectivity index (χ1v) is 12.7. The van der Waals surface area contributed by atoms with Crippen LogP contribution in [0.15, 0.2) is 84.9 Å². The minimum atomic E-state index is 0.187. The van der Waals surface area contributed by atoms with E-state index in [2.05, 4.69) is 95.8 Å². The van der Waals surface area contributed by atoms with Gasteiger partial charge in [-0.25, -0.2) is 4.68 Å². The number of hydrogen-bond acceptors (Lipinski definition) is 4. The van der Waals surface area contributed by atoms with Gasteiger partial charge in [-0.2, -0.15) is 5.10 Å². The summed E-state index contributed by atoms with van der Waals surface area (Å²) in [6.45, 7) is 3.85. The summed E-state index contributed by atoms with van der Waals surface area (Å²) in [6.07, 6.45) is 2.22. The lowest BCUT2D eigenvalue weighted by molar-refractivity contribution is 0.309. The van der Waals surface area contributed by atoms with Gasteiger partial charge in [0.1, 0.15) is 11.6 Å². The van der Waals surface area contributed by atoms with Crippen LogP contribution in [0.3, 0.4) is 0 Å². The zero-order chi connectivity index (χ0) is 22.5. The highest BCUT2D eigenvalue weighted by Crippen LogP contribution is 2.46. The van der Waals surface area contributed by atoms with Crippen molar-refractivity contribution in [2.24, 2.45) is 0 Å². The highest BCUT2D eigenvalue weighted by Gasteiger charge is 2.30. The molecule has 168 valence electrons. The molecule has 5 rings (SSSR count). The Kier molecular flexibility index (Phi) is 6.68. The molecule has 1 aromatic heterocycles. The molecular formula is C28H29N3OS. The highest BCUT2D eigenvalue weighted by atomic mass is 32.2. The van der Waals surface area contributed by atoms with Gasteiger partial charge in [0.2, 0.25) is 0 Å². The summed E-state index contributed by atoms with van der Waals surface area (Å²) in [6, 6.07) is 29.5. The van der Waals surface area contributed by atoms with E-state index in [1.54, 1.807) is 0 Å². The number of nitrogens with zero attached hydrogens (tertiary/aromatic N) is 2. The highest BCUT2D eigenvalue weighted by molar-refractivity contribution is 7.99. The summed E-state index contributed by atoms with van der Waals surface area (Å²) in [7, 11) is 0. The maximum Gasteiger partial charge on any atom is 0.135 e. The molecule has 0 radical (unpaired) electrons. The molecule has 0 saturated heterocycles. The topological polar surface area (TPSA) is 39.1 Å². The third-order valence-corrected chi connectivity index (χ3v) is 7.14. The Balaban J connectivity index is 1.60. The second-order valence-corrected chi connectivity index (χ2v) is 9.39. The molecule has 4 aromatic rings. The molecule has 0 unspecified atom stereocenters. The van der Waals surface area contributed by atoms with Crippen LogP contribution in [0.2, 0.25) is 0 Å². The average molecular weight is 456 g/mol. The van der Waals surface area contributed by atoms with Crippen LogP contribution in [0, 0.1) is 0 Å². The molecule has 0 bridgehead atoms. The molecule has 4 nitrogen and oxygen atoms in total. The Morgan fingerprint density at radius 2 is 1.70 bits per heavy atom. The largest absolute Gasteiger partial charge is 0.494 e. The third kappa shape index (κ3) is 4.64. The number of hydrogen-bond donors (Lipinski definition) is 1. The van der Waals surface area contributed by atoms with E-state index in [0.29, 0.717) is 0 Å². The molecule has 0 amide bonds. The number of rotatable bonds is 7. The van der Waals surface area contributed by atoms with Gasteiger partial charge in [0, 0.05) is 23.4 Å². The van der Waals surface area contributed by atoms with Crippen LogP contribution in [0.25, 0.3) is 16.9 Å². The van der Waals surface area contributed by atoms with Crippen LogP contribution in [0.1, 0.15) is 36.1 Å². The first-order valence-electron chi connectivity index (χ1n) is 11.7. The molecule has 0 fully saturated rings. The first-order chi connectivity index (χ1) is 16.3. The SMILES string of the molecule is CCCCOc1ccc([C@@H]2SCCNc3c2c(-c2ccccc2)nn3-c2ccccc2)cc1. The molecule has 1 N–H and O–H groups in total. The van der Waals surface area contributed by atoms with Crippen molar-refractivity contribution in [3.8, 4) is 22.7 Å². The normalized spacial score (nSPS) is 15.4. The van der Waals surface area contributed by atoms with Crippen LogP contribution in [-0.2, 0) is 0 Å². The fraction of sp³-hybridized carbons (Fsp3) is 0.250. The summed E-state index contributed by atoms with van der Waals surface area (Å²) in [5.74, 6) is 3.04. The van der Waals surface area contributed by atoms with Crippen LogP contribution in [0.5, 0.6) is 5.75 Å². The first kappa shape index (κ1) is 21.7. The standard InChI is InChI=1S/C28H29N3OS/c1-2-3-19-32-24-16-14-22(15-17-24)27-25-26(21-10-6-4-7-11-21)30-31(23-12-8-5-9-13-23)28(25)29-18-20-33-27/h4-17,27,29H,2-3,18-20H2,1H3/t27-/m0/s1. The fourth-order valence-electron chi connectivity index (χ4n) is 4.18. The van der Waals surface area contributed by atoms with Gasteiger partial charge in [0.25, 0.3) is 0 Å². The second-order valence-electron chi connectivity index (χ2n) is 8.17. The molecule has 33 heavy (non-hydrogen) atoms.